The predicted octanol–water partition coefficient (Wildman–Crippen LogP) is 6.97. The van der Waals surface area contributed by atoms with Crippen LogP contribution < -0.4 is 11.1 Å². The highest BCUT2D eigenvalue weighted by molar-refractivity contribution is 5.85. The minimum absolute atomic E-state index is 0. The Hall–Kier alpha value is -0.280. The lowest BCUT2D eigenvalue weighted by atomic mass is 9.44. The SMILES string of the molecule is CC(C)CCC[C@@H](C)[C@H]1CC[C@H]2[C@@H]3CCC4C[C@H](NC(=O)CN)CC[C@]4(C)[C@H]3CC[C@]12C.Cl. The van der Waals surface area contributed by atoms with E-state index in [4.69, 9.17) is 5.73 Å². The molecule has 192 valence electrons. The third-order valence-electron chi connectivity index (χ3n) is 11.4. The zero-order valence-corrected chi connectivity index (χ0v) is 23.0. The summed E-state index contributed by atoms with van der Waals surface area (Å²) in [4.78, 5) is 11.9. The summed E-state index contributed by atoms with van der Waals surface area (Å²) in [7, 11) is 0. The van der Waals surface area contributed by atoms with Gasteiger partial charge in [-0.2, -0.15) is 0 Å². The van der Waals surface area contributed by atoms with E-state index in [1.165, 1.54) is 70.6 Å². The van der Waals surface area contributed by atoms with Gasteiger partial charge in [-0.1, -0.05) is 53.9 Å². The maximum absolute atomic E-state index is 11.9. The Morgan fingerprint density at radius 1 is 0.939 bits per heavy atom. The van der Waals surface area contributed by atoms with Gasteiger partial charge in [-0.25, -0.2) is 0 Å². The number of nitrogens with one attached hydrogen (secondary N) is 1. The molecule has 0 aromatic carbocycles. The summed E-state index contributed by atoms with van der Waals surface area (Å²) in [5.74, 6) is 6.35. The molecule has 4 aliphatic carbocycles. The highest BCUT2D eigenvalue weighted by atomic mass is 35.5. The second-order valence-electron chi connectivity index (χ2n) is 13.4. The van der Waals surface area contributed by atoms with Crippen LogP contribution >= 0.6 is 12.4 Å². The molecule has 1 unspecified atom stereocenters. The van der Waals surface area contributed by atoms with E-state index in [1.54, 1.807) is 0 Å². The maximum Gasteiger partial charge on any atom is 0.233 e. The Morgan fingerprint density at radius 3 is 2.33 bits per heavy atom. The summed E-state index contributed by atoms with van der Waals surface area (Å²) in [6.07, 6.45) is 16.6. The molecule has 0 heterocycles. The summed E-state index contributed by atoms with van der Waals surface area (Å²) in [6, 6.07) is 0.358. The second kappa shape index (κ2) is 10.8. The van der Waals surface area contributed by atoms with Crippen LogP contribution in [0.2, 0.25) is 0 Å². The molecule has 4 aliphatic rings. The van der Waals surface area contributed by atoms with E-state index in [0.29, 0.717) is 16.9 Å². The maximum atomic E-state index is 11.9. The first kappa shape index (κ1) is 27.3. The van der Waals surface area contributed by atoms with E-state index >= 15 is 0 Å². The van der Waals surface area contributed by atoms with Crippen molar-refractivity contribution >= 4 is 18.3 Å². The van der Waals surface area contributed by atoms with Crippen molar-refractivity contribution in [2.45, 2.75) is 118 Å². The smallest absolute Gasteiger partial charge is 0.233 e. The molecule has 3 nitrogen and oxygen atoms in total. The molecule has 33 heavy (non-hydrogen) atoms. The summed E-state index contributed by atoms with van der Waals surface area (Å²) in [5.41, 5.74) is 6.64. The molecule has 4 rings (SSSR count). The molecule has 4 fully saturated rings. The first-order valence-electron chi connectivity index (χ1n) is 14.2. The third-order valence-corrected chi connectivity index (χ3v) is 11.4. The van der Waals surface area contributed by atoms with Gasteiger partial charge in [0.15, 0.2) is 0 Å². The summed E-state index contributed by atoms with van der Waals surface area (Å²) in [6.45, 7) is 12.8. The van der Waals surface area contributed by atoms with E-state index in [-0.39, 0.29) is 24.9 Å². The largest absolute Gasteiger partial charge is 0.352 e. The van der Waals surface area contributed by atoms with Crippen molar-refractivity contribution in [2.24, 2.45) is 58.0 Å². The standard InChI is InChI=1S/C29H52N2O.ClH/c1-19(2)7-6-8-20(3)24-11-12-25-23-10-9-21-17-22(31-27(32)18-30)13-15-28(21,4)26(23)14-16-29(24,25)5;/h19-26H,6-18,30H2,1-5H3,(H,31,32);1H/t20-,21?,22-,23+,24-,25+,26+,28+,29-;/m1./s1. The average Bonchev–Trinajstić information content (AvgIpc) is 3.11. The van der Waals surface area contributed by atoms with Gasteiger partial charge in [0.1, 0.15) is 0 Å². The van der Waals surface area contributed by atoms with Crippen molar-refractivity contribution in [1.82, 2.24) is 5.32 Å². The Bertz CT molecular complexity index is 668. The Morgan fingerprint density at radius 2 is 1.64 bits per heavy atom. The molecule has 9 atom stereocenters. The average molecular weight is 481 g/mol. The molecule has 1 amide bonds. The molecule has 0 aliphatic heterocycles. The van der Waals surface area contributed by atoms with E-state index < -0.39 is 0 Å². The Kier molecular flexibility index (Phi) is 8.91. The van der Waals surface area contributed by atoms with Gasteiger partial charge in [-0.05, 0) is 110 Å². The molecule has 0 saturated heterocycles. The molecule has 3 N–H and O–H groups in total. The molecule has 0 aromatic rings. The lowest BCUT2D eigenvalue weighted by Crippen LogP contribution is -2.55. The minimum Gasteiger partial charge on any atom is -0.352 e. The van der Waals surface area contributed by atoms with Crippen molar-refractivity contribution in [3.63, 3.8) is 0 Å². The normalized spacial score (nSPS) is 43.1. The van der Waals surface area contributed by atoms with E-state index in [1.807, 2.05) is 0 Å². The monoisotopic (exact) mass is 480 g/mol. The highest BCUT2D eigenvalue weighted by Crippen LogP contribution is 2.68. The van der Waals surface area contributed by atoms with Crippen molar-refractivity contribution < 1.29 is 4.79 Å². The van der Waals surface area contributed by atoms with E-state index in [2.05, 4.69) is 39.9 Å². The van der Waals surface area contributed by atoms with E-state index in [0.717, 1.165) is 47.8 Å². The van der Waals surface area contributed by atoms with Gasteiger partial charge < -0.3 is 11.1 Å². The first-order valence-corrected chi connectivity index (χ1v) is 14.2. The number of carbonyl (C=O) groups is 1. The molecule has 0 bridgehead atoms. The van der Waals surface area contributed by atoms with Gasteiger partial charge in [-0.3, -0.25) is 4.79 Å². The molecular weight excluding hydrogens is 428 g/mol. The molecule has 0 spiro atoms. The van der Waals surface area contributed by atoms with Crippen molar-refractivity contribution in [3.8, 4) is 0 Å². The summed E-state index contributed by atoms with van der Waals surface area (Å²) >= 11 is 0. The van der Waals surface area contributed by atoms with E-state index in [9.17, 15) is 4.79 Å². The fraction of sp³-hybridized carbons (Fsp3) is 0.966. The van der Waals surface area contributed by atoms with Crippen LogP contribution in [-0.2, 0) is 4.79 Å². The van der Waals surface area contributed by atoms with Crippen LogP contribution in [0.15, 0.2) is 0 Å². The number of hydrogen-bond donors (Lipinski definition) is 2. The lowest BCUT2D eigenvalue weighted by Gasteiger charge is -2.61. The van der Waals surface area contributed by atoms with Gasteiger partial charge in [0.05, 0.1) is 6.54 Å². The molecule has 4 heteroatoms. The number of hydrogen-bond acceptors (Lipinski definition) is 2. The van der Waals surface area contributed by atoms with Crippen molar-refractivity contribution in [1.29, 1.82) is 0 Å². The van der Waals surface area contributed by atoms with Crippen molar-refractivity contribution in [3.05, 3.63) is 0 Å². The van der Waals surface area contributed by atoms with Crippen LogP contribution in [0.5, 0.6) is 0 Å². The zero-order chi connectivity index (χ0) is 23.1. The fourth-order valence-corrected chi connectivity index (χ4v) is 9.70. The number of carbonyl (C=O) groups excluding carboxylic acids is 1. The number of halogens is 1. The van der Waals surface area contributed by atoms with Crippen molar-refractivity contribution in [2.75, 3.05) is 6.54 Å². The number of nitrogens with two attached hydrogens (primary N) is 1. The Labute approximate surface area is 210 Å². The van der Waals surface area contributed by atoms with Gasteiger partial charge in [0, 0.05) is 6.04 Å². The topological polar surface area (TPSA) is 55.1 Å². The minimum atomic E-state index is 0. The van der Waals surface area contributed by atoms with Crippen LogP contribution in [0.25, 0.3) is 0 Å². The molecular formula is C29H53ClN2O. The molecule has 0 radical (unpaired) electrons. The first-order chi connectivity index (χ1) is 15.2. The number of rotatable bonds is 7. The van der Waals surface area contributed by atoms with Gasteiger partial charge in [0.2, 0.25) is 5.91 Å². The van der Waals surface area contributed by atoms with Crippen LogP contribution in [0.1, 0.15) is 112 Å². The number of amides is 1. The quantitative estimate of drug-likeness (QED) is 0.413. The highest BCUT2D eigenvalue weighted by Gasteiger charge is 2.60. The third kappa shape index (κ3) is 5.16. The summed E-state index contributed by atoms with van der Waals surface area (Å²) < 4.78 is 0. The Balaban J connectivity index is 0.00000306. The number of fused-ring (bicyclic) bond motifs is 5. The van der Waals surface area contributed by atoms with Crippen LogP contribution in [0.3, 0.4) is 0 Å². The van der Waals surface area contributed by atoms with Gasteiger partial charge in [0.25, 0.3) is 0 Å². The summed E-state index contributed by atoms with van der Waals surface area (Å²) in [5, 5.41) is 3.21. The lowest BCUT2D eigenvalue weighted by molar-refractivity contribution is -0.127. The second-order valence-corrected chi connectivity index (χ2v) is 13.4. The van der Waals surface area contributed by atoms with Crippen LogP contribution in [-0.4, -0.2) is 18.5 Å². The van der Waals surface area contributed by atoms with Crippen LogP contribution in [0.4, 0.5) is 0 Å². The molecule has 4 saturated carbocycles. The fourth-order valence-electron chi connectivity index (χ4n) is 9.70. The van der Waals surface area contributed by atoms with Gasteiger partial charge >= 0.3 is 0 Å². The zero-order valence-electron chi connectivity index (χ0n) is 22.2. The van der Waals surface area contributed by atoms with Crippen LogP contribution in [0, 0.1) is 52.3 Å². The predicted molar refractivity (Wildman–Crippen MR) is 141 cm³/mol. The molecule has 0 aromatic heterocycles. The van der Waals surface area contributed by atoms with Gasteiger partial charge in [-0.15, -0.1) is 12.4 Å².